The van der Waals surface area contributed by atoms with Crippen LogP contribution in [0.5, 0.6) is 0 Å². The van der Waals surface area contributed by atoms with Gasteiger partial charge in [0.25, 0.3) is 11.6 Å². The number of nitro groups is 1. The van der Waals surface area contributed by atoms with Crippen LogP contribution in [0.2, 0.25) is 0 Å². The van der Waals surface area contributed by atoms with Gasteiger partial charge in [0.2, 0.25) is 0 Å². The fraction of sp³-hybridized carbons (Fsp3) is 0.133. The summed E-state index contributed by atoms with van der Waals surface area (Å²) in [4.78, 5) is 40.9. The zero-order valence-electron chi connectivity index (χ0n) is 20.2. The lowest BCUT2D eigenvalue weighted by Gasteiger charge is -2.34. The number of nitro benzene ring substituents is 1. The van der Waals surface area contributed by atoms with Gasteiger partial charge in [-0.2, -0.15) is 0 Å². The van der Waals surface area contributed by atoms with Gasteiger partial charge < -0.3 is 9.73 Å². The van der Waals surface area contributed by atoms with Crippen molar-refractivity contribution in [2.24, 2.45) is 0 Å². The number of allylic oxidation sites excluding steroid dienone is 1. The molecule has 1 N–H and O–H groups in total. The van der Waals surface area contributed by atoms with Crippen molar-refractivity contribution in [3.8, 4) is 0 Å². The van der Waals surface area contributed by atoms with Crippen LogP contribution >= 0.6 is 0 Å². The van der Waals surface area contributed by atoms with Crippen LogP contribution in [0.4, 0.5) is 17.1 Å². The molecule has 0 fully saturated rings. The summed E-state index contributed by atoms with van der Waals surface area (Å²) in [6, 6.07) is 25.1. The van der Waals surface area contributed by atoms with Gasteiger partial charge in [0.15, 0.2) is 5.78 Å². The Hall–Kier alpha value is -4.98. The highest BCUT2D eigenvalue weighted by molar-refractivity contribution is 6.12. The molecule has 1 aromatic heterocycles. The number of fused-ring (bicyclic) bond motifs is 1. The molecule has 1 aliphatic carbocycles. The van der Waals surface area contributed by atoms with Gasteiger partial charge in [-0.05, 0) is 48.4 Å². The number of amides is 1. The van der Waals surface area contributed by atoms with Crippen LogP contribution in [0.1, 0.15) is 46.5 Å². The van der Waals surface area contributed by atoms with Crippen molar-refractivity contribution in [3.05, 3.63) is 136 Å². The van der Waals surface area contributed by atoms with E-state index in [2.05, 4.69) is 5.32 Å². The normalized spacial score (nSPS) is 18.7. The molecule has 2 heterocycles. The number of nitrogens with one attached hydrogen (secondary N) is 1. The molecule has 0 radical (unpaired) electrons. The summed E-state index contributed by atoms with van der Waals surface area (Å²) in [5.41, 5.74) is 3.17. The maximum atomic E-state index is 14.2. The average Bonchev–Trinajstić information content (AvgIpc) is 3.43. The van der Waals surface area contributed by atoms with Crippen LogP contribution in [0.25, 0.3) is 0 Å². The molecule has 6 rings (SSSR count). The van der Waals surface area contributed by atoms with Crippen LogP contribution in [0.3, 0.4) is 0 Å². The van der Waals surface area contributed by atoms with E-state index in [9.17, 15) is 19.7 Å². The molecule has 2 atom stereocenters. The molecule has 0 saturated carbocycles. The smallest absolute Gasteiger partial charge is 0.269 e. The molecule has 38 heavy (non-hydrogen) atoms. The Morgan fingerprint density at radius 1 is 0.947 bits per heavy atom. The second-order valence-electron chi connectivity index (χ2n) is 9.37. The molecule has 8 nitrogen and oxygen atoms in total. The first-order valence-corrected chi connectivity index (χ1v) is 12.3. The summed E-state index contributed by atoms with van der Waals surface area (Å²) in [6.07, 6.45) is 2.27. The van der Waals surface area contributed by atoms with E-state index >= 15 is 0 Å². The predicted octanol–water partition coefficient (Wildman–Crippen LogP) is 6.40. The Labute approximate surface area is 218 Å². The number of hydrogen-bond acceptors (Lipinski definition) is 6. The first-order valence-electron chi connectivity index (χ1n) is 12.3. The van der Waals surface area contributed by atoms with Crippen molar-refractivity contribution in [2.75, 3.05) is 10.2 Å². The van der Waals surface area contributed by atoms with Crippen molar-refractivity contribution in [1.82, 2.24) is 0 Å². The summed E-state index contributed by atoms with van der Waals surface area (Å²) < 4.78 is 5.63. The van der Waals surface area contributed by atoms with Crippen molar-refractivity contribution in [2.45, 2.75) is 24.8 Å². The van der Waals surface area contributed by atoms with Crippen molar-refractivity contribution >= 4 is 28.8 Å². The summed E-state index contributed by atoms with van der Waals surface area (Å²) in [5.74, 6) is 0.0905. The number of rotatable bonds is 4. The lowest BCUT2D eigenvalue weighted by molar-refractivity contribution is -0.384. The molecule has 0 bridgehead atoms. The lowest BCUT2D eigenvalue weighted by Crippen LogP contribution is -2.38. The minimum Gasteiger partial charge on any atom is -0.469 e. The predicted molar refractivity (Wildman–Crippen MR) is 142 cm³/mol. The zero-order chi connectivity index (χ0) is 26.2. The summed E-state index contributed by atoms with van der Waals surface area (Å²) >= 11 is 0. The number of ketones is 1. The van der Waals surface area contributed by atoms with E-state index in [-0.39, 0.29) is 29.7 Å². The number of furan rings is 1. The van der Waals surface area contributed by atoms with Crippen LogP contribution in [-0.2, 0) is 4.79 Å². The first kappa shape index (κ1) is 23.4. The molecule has 188 valence electrons. The fourth-order valence-corrected chi connectivity index (χ4v) is 5.38. The summed E-state index contributed by atoms with van der Waals surface area (Å²) in [6.45, 7) is 0. The summed E-state index contributed by atoms with van der Waals surface area (Å²) in [5, 5.41) is 15.1. The maximum absolute atomic E-state index is 14.2. The fourth-order valence-electron chi connectivity index (χ4n) is 5.38. The van der Waals surface area contributed by atoms with Crippen molar-refractivity contribution < 1.29 is 18.9 Å². The number of nitrogens with zero attached hydrogens (tertiary/aromatic N) is 2. The maximum Gasteiger partial charge on any atom is 0.269 e. The van der Waals surface area contributed by atoms with E-state index in [1.165, 1.54) is 12.1 Å². The monoisotopic (exact) mass is 505 g/mol. The van der Waals surface area contributed by atoms with E-state index in [1.54, 1.807) is 53.6 Å². The van der Waals surface area contributed by atoms with Crippen LogP contribution in [0.15, 0.2) is 113 Å². The van der Waals surface area contributed by atoms with Gasteiger partial charge in [-0.25, -0.2) is 0 Å². The van der Waals surface area contributed by atoms with E-state index in [1.807, 2.05) is 36.4 Å². The molecule has 2 aliphatic rings. The number of carbonyl (C=O) groups excluding carboxylic acids is 2. The second kappa shape index (κ2) is 9.48. The molecule has 0 unspecified atom stereocenters. The molecule has 3 aromatic carbocycles. The number of hydrogen-bond donors (Lipinski definition) is 1. The standard InChI is InChI=1S/C30H23N3O5/c34-26-18-21(27-14-7-15-38-27)17-24-28(26)29(20-10-6-11-22(16-20)33(36)37)32(25-13-5-4-12-23(25)31-24)30(35)19-8-2-1-3-9-19/h1-16,21,29,31H,17-18H2/t21-,29-/m0/s1. The molecular formula is C30H23N3O5. The Morgan fingerprint density at radius 3 is 2.50 bits per heavy atom. The third-order valence-corrected chi connectivity index (χ3v) is 7.07. The average molecular weight is 506 g/mol. The number of Topliss-reactive ketones (excluding diaryl/α,β-unsaturated/α-hetero) is 1. The van der Waals surface area contributed by atoms with Crippen LogP contribution < -0.4 is 10.2 Å². The molecular weight excluding hydrogens is 482 g/mol. The third kappa shape index (κ3) is 4.06. The number of para-hydroxylation sites is 2. The Bertz CT molecular complexity index is 1580. The minimum atomic E-state index is -0.876. The van der Waals surface area contributed by atoms with Gasteiger partial charge in [0, 0.05) is 41.3 Å². The molecule has 4 aromatic rings. The van der Waals surface area contributed by atoms with E-state index < -0.39 is 11.0 Å². The highest BCUT2D eigenvalue weighted by atomic mass is 16.6. The molecule has 8 heteroatoms. The number of non-ortho nitro benzene ring substituents is 1. The van der Waals surface area contributed by atoms with Gasteiger partial charge >= 0.3 is 0 Å². The molecule has 0 spiro atoms. The highest BCUT2D eigenvalue weighted by Crippen LogP contribution is 2.48. The Morgan fingerprint density at radius 2 is 1.74 bits per heavy atom. The topological polar surface area (TPSA) is 106 Å². The van der Waals surface area contributed by atoms with Crippen molar-refractivity contribution in [3.63, 3.8) is 0 Å². The van der Waals surface area contributed by atoms with Gasteiger partial charge in [0.1, 0.15) is 5.76 Å². The van der Waals surface area contributed by atoms with E-state index in [0.29, 0.717) is 46.0 Å². The largest absolute Gasteiger partial charge is 0.469 e. The Balaban J connectivity index is 1.60. The molecule has 1 amide bonds. The second-order valence-corrected chi connectivity index (χ2v) is 9.37. The van der Waals surface area contributed by atoms with Crippen molar-refractivity contribution in [1.29, 1.82) is 0 Å². The number of carbonyl (C=O) groups is 2. The number of benzene rings is 3. The number of anilines is 2. The first-order chi connectivity index (χ1) is 18.5. The highest BCUT2D eigenvalue weighted by Gasteiger charge is 2.42. The van der Waals surface area contributed by atoms with Gasteiger partial charge in [-0.15, -0.1) is 0 Å². The van der Waals surface area contributed by atoms with Gasteiger partial charge in [0.05, 0.1) is 28.6 Å². The third-order valence-electron chi connectivity index (χ3n) is 7.07. The van der Waals surface area contributed by atoms with Crippen LogP contribution in [0, 0.1) is 10.1 Å². The zero-order valence-corrected chi connectivity index (χ0v) is 20.2. The van der Waals surface area contributed by atoms with E-state index in [4.69, 9.17) is 4.42 Å². The lowest BCUT2D eigenvalue weighted by atomic mass is 9.80. The SMILES string of the molecule is O=C1C[C@@H](c2ccco2)CC2=C1[C@H](c1cccc([N+](=O)[O-])c1)N(C(=O)c1ccccc1)c1ccccc1N2. The molecule has 1 aliphatic heterocycles. The summed E-state index contributed by atoms with van der Waals surface area (Å²) in [7, 11) is 0. The van der Waals surface area contributed by atoms with E-state index in [0.717, 1.165) is 0 Å². The quantitative estimate of drug-likeness (QED) is 0.254. The van der Waals surface area contributed by atoms with Crippen LogP contribution in [-0.4, -0.2) is 16.6 Å². The molecule has 0 saturated heterocycles. The van der Waals surface area contributed by atoms with Gasteiger partial charge in [-0.3, -0.25) is 24.6 Å². The minimum absolute atomic E-state index is 0.112. The van der Waals surface area contributed by atoms with Gasteiger partial charge in [-0.1, -0.05) is 42.5 Å². The Kier molecular flexibility index (Phi) is 5.84.